The van der Waals surface area contributed by atoms with E-state index < -0.39 is 0 Å². The predicted octanol–water partition coefficient (Wildman–Crippen LogP) is 0.108. The van der Waals surface area contributed by atoms with Gasteiger partial charge in [0.1, 0.15) is 6.54 Å². The van der Waals surface area contributed by atoms with Gasteiger partial charge in [-0.1, -0.05) is 0 Å². The second-order valence-electron chi connectivity index (χ2n) is 2.40. The van der Waals surface area contributed by atoms with Crippen LogP contribution in [0.5, 0.6) is 0 Å². The van der Waals surface area contributed by atoms with Gasteiger partial charge in [0.05, 0.1) is 0 Å². The molecule has 1 fully saturated rings. The molecular weight excluding hydrogens is 132 g/mol. The van der Waals surface area contributed by atoms with E-state index in [9.17, 15) is 9.59 Å². The minimum atomic E-state index is -0.333. The molecule has 4 heteroatoms. The van der Waals surface area contributed by atoms with Crippen LogP contribution in [0.2, 0.25) is 0 Å². The Morgan fingerprint density at radius 2 is 2.10 bits per heavy atom. The van der Waals surface area contributed by atoms with E-state index in [1.807, 2.05) is 0 Å². The Balaban J connectivity index is 2.72. The number of carbonyl (C=O) groups is 2. The van der Waals surface area contributed by atoms with Crippen LogP contribution in [-0.2, 0) is 4.79 Å². The number of nitrogens with one attached hydrogen (secondary N) is 1. The first-order chi connectivity index (χ1) is 4.63. The fourth-order valence-electron chi connectivity index (χ4n) is 0.852. The molecule has 0 aromatic rings. The molecule has 1 heterocycles. The van der Waals surface area contributed by atoms with Crippen molar-refractivity contribution in [1.29, 1.82) is 0 Å². The molecule has 1 aliphatic heterocycles. The summed E-state index contributed by atoms with van der Waals surface area (Å²) in [5, 5.41) is 2.31. The lowest BCUT2D eigenvalue weighted by Gasteiger charge is -2.15. The fourth-order valence-corrected chi connectivity index (χ4v) is 0.852. The summed E-state index contributed by atoms with van der Waals surface area (Å²) in [7, 11) is 0. The van der Waals surface area contributed by atoms with Gasteiger partial charge in [0.2, 0.25) is 0 Å². The maximum atomic E-state index is 10.8. The molecule has 4 nitrogen and oxygen atoms in total. The van der Waals surface area contributed by atoms with Crippen molar-refractivity contribution >= 4 is 11.9 Å². The Morgan fingerprint density at radius 3 is 2.30 bits per heavy atom. The minimum absolute atomic E-state index is 0.0637. The summed E-state index contributed by atoms with van der Waals surface area (Å²) < 4.78 is 0. The smallest absolute Gasteiger partial charge is 0.323 e. The topological polar surface area (TPSA) is 49.4 Å². The van der Waals surface area contributed by atoms with Crippen molar-refractivity contribution in [2.24, 2.45) is 0 Å². The molecular formula is C6H9N2O2. The number of hydrogen-bond acceptors (Lipinski definition) is 2. The molecule has 0 aromatic carbocycles. The van der Waals surface area contributed by atoms with Crippen LogP contribution in [0, 0.1) is 6.54 Å². The Labute approximate surface area is 59.2 Å². The van der Waals surface area contributed by atoms with Gasteiger partial charge in [-0.3, -0.25) is 9.69 Å². The van der Waals surface area contributed by atoms with Crippen LogP contribution in [0.1, 0.15) is 13.8 Å². The molecule has 1 rings (SSSR count). The van der Waals surface area contributed by atoms with Crippen LogP contribution in [0.3, 0.4) is 0 Å². The van der Waals surface area contributed by atoms with Gasteiger partial charge in [0.25, 0.3) is 5.91 Å². The normalized spacial score (nSPS) is 18.5. The highest BCUT2D eigenvalue weighted by molar-refractivity contribution is 6.06. The number of imide groups is 1. The Hall–Kier alpha value is -1.06. The number of amides is 3. The molecule has 0 saturated carbocycles. The van der Waals surface area contributed by atoms with Crippen molar-refractivity contribution in [3.05, 3.63) is 6.54 Å². The van der Waals surface area contributed by atoms with Crippen LogP contribution in [0.15, 0.2) is 0 Å². The molecule has 55 valence electrons. The van der Waals surface area contributed by atoms with Gasteiger partial charge in [0, 0.05) is 6.04 Å². The van der Waals surface area contributed by atoms with Crippen molar-refractivity contribution in [1.82, 2.24) is 10.2 Å². The molecule has 0 unspecified atom stereocenters. The molecule has 0 atom stereocenters. The van der Waals surface area contributed by atoms with Crippen molar-refractivity contribution in [2.75, 3.05) is 0 Å². The number of hydrogen-bond donors (Lipinski definition) is 1. The Bertz CT molecular complexity index is 161. The van der Waals surface area contributed by atoms with E-state index in [-0.39, 0.29) is 18.0 Å². The van der Waals surface area contributed by atoms with Crippen LogP contribution in [0.25, 0.3) is 0 Å². The fraction of sp³-hybridized carbons (Fsp3) is 0.500. The summed E-state index contributed by atoms with van der Waals surface area (Å²) in [6.45, 7) is 4.75. The summed E-state index contributed by atoms with van der Waals surface area (Å²) in [6.07, 6.45) is 0. The summed E-state index contributed by atoms with van der Waals surface area (Å²) in [6, 6.07) is -0.397. The SMILES string of the molecule is CC(C)N1C(=O)[CH]NC1=O. The maximum Gasteiger partial charge on any atom is 0.325 e. The van der Waals surface area contributed by atoms with Gasteiger partial charge in [0.15, 0.2) is 0 Å². The number of urea groups is 1. The standard InChI is InChI=1S/C6H9N2O2/c1-4(2)8-5(9)3-7-6(8)10/h3-4H,1-2H3,(H,7,10). The van der Waals surface area contributed by atoms with E-state index in [0.29, 0.717) is 0 Å². The summed E-state index contributed by atoms with van der Waals surface area (Å²) in [5.41, 5.74) is 0. The zero-order valence-corrected chi connectivity index (χ0v) is 5.92. The zero-order chi connectivity index (χ0) is 7.72. The van der Waals surface area contributed by atoms with E-state index in [4.69, 9.17) is 0 Å². The molecule has 0 spiro atoms. The molecule has 10 heavy (non-hydrogen) atoms. The van der Waals surface area contributed by atoms with Gasteiger partial charge in [-0.05, 0) is 13.8 Å². The zero-order valence-electron chi connectivity index (χ0n) is 5.92. The Morgan fingerprint density at radius 1 is 1.50 bits per heavy atom. The van der Waals surface area contributed by atoms with Gasteiger partial charge < -0.3 is 5.32 Å². The second kappa shape index (κ2) is 2.28. The second-order valence-corrected chi connectivity index (χ2v) is 2.40. The third kappa shape index (κ3) is 0.964. The number of nitrogens with zero attached hydrogens (tertiary/aromatic N) is 1. The summed E-state index contributed by atoms with van der Waals surface area (Å²) in [5.74, 6) is -0.264. The first kappa shape index (κ1) is 7.05. The lowest BCUT2D eigenvalue weighted by molar-refractivity contribution is -0.124. The average molecular weight is 141 g/mol. The van der Waals surface area contributed by atoms with Crippen molar-refractivity contribution in [2.45, 2.75) is 19.9 Å². The molecule has 1 saturated heterocycles. The van der Waals surface area contributed by atoms with E-state index >= 15 is 0 Å². The first-order valence-electron chi connectivity index (χ1n) is 3.10. The van der Waals surface area contributed by atoms with Gasteiger partial charge in [-0.25, -0.2) is 4.79 Å². The molecule has 1 aliphatic rings. The molecule has 1 radical (unpaired) electrons. The lowest BCUT2D eigenvalue weighted by atomic mass is 10.3. The highest BCUT2D eigenvalue weighted by atomic mass is 16.2. The van der Waals surface area contributed by atoms with Crippen LogP contribution < -0.4 is 5.32 Å². The number of rotatable bonds is 1. The van der Waals surface area contributed by atoms with E-state index in [1.54, 1.807) is 13.8 Å². The highest BCUT2D eigenvalue weighted by Gasteiger charge is 2.30. The summed E-state index contributed by atoms with van der Waals surface area (Å²) >= 11 is 0. The highest BCUT2D eigenvalue weighted by Crippen LogP contribution is 2.06. The number of carbonyl (C=O) groups excluding carboxylic acids is 2. The molecule has 0 bridgehead atoms. The van der Waals surface area contributed by atoms with Crippen molar-refractivity contribution in [3.63, 3.8) is 0 Å². The third-order valence-corrected chi connectivity index (χ3v) is 1.29. The van der Waals surface area contributed by atoms with Crippen LogP contribution in [-0.4, -0.2) is 22.9 Å². The lowest BCUT2D eigenvalue weighted by Crippen LogP contribution is -2.36. The molecule has 3 amide bonds. The van der Waals surface area contributed by atoms with Gasteiger partial charge in [-0.15, -0.1) is 0 Å². The van der Waals surface area contributed by atoms with Crippen LogP contribution in [0.4, 0.5) is 4.79 Å². The molecule has 1 N–H and O–H groups in total. The molecule has 0 aliphatic carbocycles. The van der Waals surface area contributed by atoms with Crippen molar-refractivity contribution in [3.8, 4) is 0 Å². The van der Waals surface area contributed by atoms with Crippen LogP contribution >= 0.6 is 0 Å². The maximum absolute atomic E-state index is 10.8. The van der Waals surface area contributed by atoms with Crippen molar-refractivity contribution < 1.29 is 9.59 Å². The third-order valence-electron chi connectivity index (χ3n) is 1.29. The monoisotopic (exact) mass is 141 g/mol. The largest absolute Gasteiger partial charge is 0.325 e. The average Bonchev–Trinajstić information content (AvgIpc) is 2.11. The molecule has 0 aromatic heterocycles. The van der Waals surface area contributed by atoms with E-state index in [2.05, 4.69) is 5.32 Å². The van der Waals surface area contributed by atoms with Gasteiger partial charge in [-0.2, -0.15) is 0 Å². The first-order valence-corrected chi connectivity index (χ1v) is 3.10. The van der Waals surface area contributed by atoms with E-state index in [1.165, 1.54) is 11.4 Å². The van der Waals surface area contributed by atoms with E-state index in [0.717, 1.165) is 0 Å². The predicted molar refractivity (Wildman–Crippen MR) is 34.8 cm³/mol. The minimum Gasteiger partial charge on any atom is -0.323 e. The summed E-state index contributed by atoms with van der Waals surface area (Å²) in [4.78, 5) is 22.8. The van der Waals surface area contributed by atoms with Gasteiger partial charge >= 0.3 is 6.03 Å². The quantitative estimate of drug-likeness (QED) is 0.527. The Kier molecular flexibility index (Phi) is 1.61.